The molecule has 3 atom stereocenters. The van der Waals surface area contributed by atoms with Crippen LogP contribution in [0.5, 0.6) is 0 Å². The van der Waals surface area contributed by atoms with Gasteiger partial charge in [0.05, 0.1) is 6.61 Å². The smallest absolute Gasteiger partial charge is 0.352 e. The van der Waals surface area contributed by atoms with Crippen LogP contribution in [0.2, 0.25) is 0 Å². The summed E-state index contributed by atoms with van der Waals surface area (Å²) < 4.78 is 11.1. The lowest BCUT2D eigenvalue weighted by molar-refractivity contribution is -0.689. The van der Waals surface area contributed by atoms with Crippen LogP contribution in [0.1, 0.15) is 31.3 Å². The second-order valence-corrected chi connectivity index (χ2v) is 9.78. The van der Waals surface area contributed by atoms with Crippen LogP contribution >= 0.6 is 11.8 Å². The van der Waals surface area contributed by atoms with E-state index < -0.39 is 53.5 Å². The third kappa shape index (κ3) is 6.32. The summed E-state index contributed by atoms with van der Waals surface area (Å²) in [4.78, 5) is 70.4. The Morgan fingerprint density at radius 2 is 2.10 bits per heavy atom. The summed E-state index contributed by atoms with van der Waals surface area (Å²) in [6, 6.07) is 1.42. The molecule has 2 aliphatic rings. The largest absolute Gasteiger partial charge is 0.477 e. The van der Waals surface area contributed by atoms with Gasteiger partial charge in [0.15, 0.2) is 18.9 Å². The monoisotopic (exact) mass is 589 g/mol. The van der Waals surface area contributed by atoms with Crippen molar-refractivity contribution in [2.45, 2.75) is 37.8 Å². The standard InChI is InChI=1S/C23H24N8O9S/c1-3-38-14(32)9-39-28-15(18-26-23(24)40-29-18)19(33)25-16-20(34)31-17(22(35)36)13(10-41-21(16)31)8-30-6-4-12(5-7-30)11(2)27-37/h4-7,11,16,21H,3,8-10H2,1-2H3,(H3-,24,25,26,29,33,35,36)/p+1/t11?,16?,21-/m0/s1. The van der Waals surface area contributed by atoms with E-state index in [9.17, 15) is 29.2 Å². The predicted octanol–water partition coefficient (Wildman–Crippen LogP) is -0.511. The molecule has 1 fully saturated rings. The van der Waals surface area contributed by atoms with Crippen molar-refractivity contribution in [3.05, 3.63) is 52.1 Å². The first kappa shape index (κ1) is 29.1. The van der Waals surface area contributed by atoms with E-state index in [1.54, 1.807) is 42.9 Å². The molecule has 0 aromatic carbocycles. The molecule has 216 valence electrons. The number of pyridine rings is 1. The van der Waals surface area contributed by atoms with Gasteiger partial charge in [0, 0.05) is 23.5 Å². The number of carbonyl (C=O) groups excluding carboxylic acids is 3. The number of esters is 1. The summed E-state index contributed by atoms with van der Waals surface area (Å²) in [5.41, 5.74) is 5.91. The number of hydrogen-bond donors (Lipinski definition) is 3. The number of nitrogens with zero attached hydrogens (tertiary/aromatic N) is 6. The second kappa shape index (κ2) is 12.5. The van der Waals surface area contributed by atoms with Gasteiger partial charge in [-0.15, -0.1) is 11.8 Å². The number of carboxylic acids is 1. The number of hydrogen-bond acceptors (Lipinski definition) is 14. The Bertz CT molecular complexity index is 1420. The Kier molecular flexibility index (Phi) is 8.91. The van der Waals surface area contributed by atoms with Crippen LogP contribution in [-0.2, 0) is 35.3 Å². The quantitative estimate of drug-likeness (QED) is 0.0707. The molecule has 2 aromatic heterocycles. The molecule has 17 nitrogen and oxygen atoms in total. The number of aliphatic carboxylic acids is 1. The molecule has 2 aromatic rings. The Balaban J connectivity index is 1.49. The SMILES string of the molecule is CCOC(=O)CON=C(C(=O)NC1C(=O)N2C(C(=O)O)=C(C[n+]3ccc(C(C)N=O)cc3)CS[C@@H]12)c1noc(N)n1. The van der Waals surface area contributed by atoms with Crippen LogP contribution in [0.4, 0.5) is 6.01 Å². The van der Waals surface area contributed by atoms with Crippen molar-refractivity contribution in [2.75, 3.05) is 24.7 Å². The van der Waals surface area contributed by atoms with Crippen molar-refractivity contribution in [2.24, 2.45) is 10.3 Å². The number of carboxylic acid groups (broad SMARTS) is 1. The zero-order chi connectivity index (χ0) is 29.7. The van der Waals surface area contributed by atoms with Gasteiger partial charge in [-0.2, -0.15) is 9.89 Å². The summed E-state index contributed by atoms with van der Waals surface area (Å²) in [5, 5.41) is 21.8. The highest BCUT2D eigenvalue weighted by molar-refractivity contribution is 8.00. The highest BCUT2D eigenvalue weighted by Crippen LogP contribution is 2.40. The lowest BCUT2D eigenvalue weighted by Crippen LogP contribution is -2.71. The number of fused-ring (bicyclic) bond motifs is 1. The van der Waals surface area contributed by atoms with Gasteiger partial charge in [-0.1, -0.05) is 15.5 Å². The Morgan fingerprint density at radius 1 is 1.37 bits per heavy atom. The number of anilines is 1. The maximum absolute atomic E-state index is 13.1. The van der Waals surface area contributed by atoms with Crippen molar-refractivity contribution >= 4 is 47.2 Å². The molecule has 2 amide bonds. The first-order valence-corrected chi connectivity index (χ1v) is 13.2. The molecule has 4 N–H and O–H groups in total. The van der Waals surface area contributed by atoms with Crippen LogP contribution in [0.15, 0.2) is 50.7 Å². The van der Waals surface area contributed by atoms with Gasteiger partial charge in [0.2, 0.25) is 18.1 Å². The Hall–Kier alpha value is -4.87. The molecule has 4 rings (SSSR count). The summed E-state index contributed by atoms with van der Waals surface area (Å²) >= 11 is 1.26. The van der Waals surface area contributed by atoms with E-state index in [1.165, 1.54) is 11.8 Å². The molecule has 0 saturated carbocycles. The summed E-state index contributed by atoms with van der Waals surface area (Å²) in [7, 11) is 0. The first-order chi connectivity index (χ1) is 19.6. The average molecular weight is 590 g/mol. The molecule has 2 unspecified atom stereocenters. The number of β-lactam (4-membered cyclic amide) rings is 1. The van der Waals surface area contributed by atoms with Crippen molar-refractivity contribution < 1.29 is 42.9 Å². The van der Waals surface area contributed by atoms with Gasteiger partial charge in [0.1, 0.15) is 23.2 Å². The number of amides is 2. The average Bonchev–Trinajstić information content (AvgIpc) is 3.39. The molecule has 1 saturated heterocycles. The molecule has 0 spiro atoms. The van der Waals surface area contributed by atoms with Crippen molar-refractivity contribution in [1.82, 2.24) is 20.4 Å². The minimum atomic E-state index is -1.30. The summed E-state index contributed by atoms with van der Waals surface area (Å²) in [5.74, 6) is -3.74. The number of oxime groups is 1. The fraction of sp³-hybridized carbons (Fsp3) is 0.391. The van der Waals surface area contributed by atoms with Crippen molar-refractivity contribution in [3.8, 4) is 0 Å². The minimum Gasteiger partial charge on any atom is -0.477 e. The fourth-order valence-electron chi connectivity index (χ4n) is 4.02. The van der Waals surface area contributed by atoms with Crippen molar-refractivity contribution in [1.29, 1.82) is 0 Å². The van der Waals surface area contributed by atoms with Crippen LogP contribution in [0.3, 0.4) is 0 Å². The number of thioether (sulfide) groups is 1. The number of aromatic nitrogens is 3. The van der Waals surface area contributed by atoms with Gasteiger partial charge < -0.3 is 30.3 Å². The van der Waals surface area contributed by atoms with E-state index in [-0.39, 0.29) is 36.4 Å². The molecule has 0 radical (unpaired) electrons. The molecule has 2 aliphatic heterocycles. The van der Waals surface area contributed by atoms with E-state index in [0.717, 1.165) is 4.90 Å². The van der Waals surface area contributed by atoms with E-state index >= 15 is 0 Å². The van der Waals surface area contributed by atoms with Crippen LogP contribution < -0.4 is 15.6 Å². The number of nitrogens with two attached hydrogens (primary N) is 1. The molecule has 0 aliphatic carbocycles. The van der Waals surface area contributed by atoms with Gasteiger partial charge in [-0.05, 0) is 19.4 Å². The van der Waals surface area contributed by atoms with E-state index in [0.29, 0.717) is 11.1 Å². The normalized spacial score (nSPS) is 19.1. The lowest BCUT2D eigenvalue weighted by Gasteiger charge is -2.49. The van der Waals surface area contributed by atoms with Gasteiger partial charge >= 0.3 is 18.0 Å². The third-order valence-corrected chi connectivity index (χ3v) is 7.32. The summed E-state index contributed by atoms with van der Waals surface area (Å²) in [6.07, 6.45) is 3.38. The van der Waals surface area contributed by atoms with Gasteiger partial charge in [-0.3, -0.25) is 14.5 Å². The van der Waals surface area contributed by atoms with Crippen LogP contribution in [0, 0.1) is 4.91 Å². The molecule has 4 heterocycles. The topological polar surface area (TPSA) is 233 Å². The number of carbonyl (C=O) groups is 4. The lowest BCUT2D eigenvalue weighted by atomic mass is 10.0. The number of nitroso groups, excluding NO2 is 1. The first-order valence-electron chi connectivity index (χ1n) is 12.1. The van der Waals surface area contributed by atoms with E-state index in [2.05, 4.69) is 30.3 Å². The van der Waals surface area contributed by atoms with Crippen LogP contribution in [0.25, 0.3) is 0 Å². The number of nitrogens with one attached hydrogen (secondary N) is 1. The maximum atomic E-state index is 13.1. The van der Waals surface area contributed by atoms with Gasteiger partial charge in [-0.25, -0.2) is 14.2 Å². The van der Waals surface area contributed by atoms with Gasteiger partial charge in [0.25, 0.3) is 11.8 Å². The predicted molar refractivity (Wildman–Crippen MR) is 138 cm³/mol. The second-order valence-electron chi connectivity index (χ2n) is 8.68. The minimum absolute atomic E-state index is 0.109. The van der Waals surface area contributed by atoms with Crippen LogP contribution in [-0.4, -0.2) is 80.0 Å². The molecular formula is C23H25N8O9S+. The molecular weight excluding hydrogens is 564 g/mol. The maximum Gasteiger partial charge on any atom is 0.352 e. The van der Waals surface area contributed by atoms with Crippen molar-refractivity contribution in [3.63, 3.8) is 0 Å². The Morgan fingerprint density at radius 3 is 2.71 bits per heavy atom. The zero-order valence-corrected chi connectivity index (χ0v) is 22.6. The third-order valence-electron chi connectivity index (χ3n) is 5.98. The number of rotatable bonds is 12. The molecule has 18 heteroatoms. The van der Waals surface area contributed by atoms with E-state index in [1.807, 2.05) is 0 Å². The summed E-state index contributed by atoms with van der Waals surface area (Å²) in [6.45, 7) is 2.93. The highest BCUT2D eigenvalue weighted by atomic mass is 32.2. The number of ether oxygens (including phenoxy) is 1. The zero-order valence-electron chi connectivity index (χ0n) is 21.8. The highest BCUT2D eigenvalue weighted by Gasteiger charge is 2.55. The molecule has 0 bridgehead atoms. The van der Waals surface area contributed by atoms with E-state index in [4.69, 9.17) is 15.3 Å². The molecule has 41 heavy (non-hydrogen) atoms. The fourth-order valence-corrected chi connectivity index (χ4v) is 5.35. The number of nitrogen functional groups attached to an aromatic ring is 1. The Labute approximate surface area is 235 Å².